The molecule has 1 amide bonds. The molecule has 0 radical (unpaired) electrons. The van der Waals surface area contributed by atoms with Gasteiger partial charge in [0, 0.05) is 39.1 Å². The normalized spacial score (nSPS) is 12.4. The van der Waals surface area contributed by atoms with Crippen molar-refractivity contribution >= 4 is 72.1 Å². The summed E-state index contributed by atoms with van der Waals surface area (Å²) in [6.07, 6.45) is -9.25. The van der Waals surface area contributed by atoms with Crippen molar-refractivity contribution in [2.24, 2.45) is 0 Å². The second kappa shape index (κ2) is 48.0. The summed E-state index contributed by atoms with van der Waals surface area (Å²) in [4.78, 5) is 117. The molecule has 3 unspecified atom stereocenters. The van der Waals surface area contributed by atoms with Crippen molar-refractivity contribution in [2.75, 3.05) is 95.4 Å². The number of esters is 2. The van der Waals surface area contributed by atoms with Crippen LogP contribution in [-0.4, -0.2) is 277 Å². The van der Waals surface area contributed by atoms with Crippen LogP contribution in [0.2, 0.25) is 0 Å². The van der Waals surface area contributed by atoms with Gasteiger partial charge in [0.25, 0.3) is 0 Å². The SMILES string of the molecule is CC(O)CC(=O)OC(CC(=O)O)(CC(=O)O)C(=O)O.CC(O)CC(=O)OC(CC(=O)O)(CC(=O)O)C(=O)O.CC(O)CC(=O)[O-].CCO.CCO.CN1CC(=O)NC1=N.C[N+](C)(C)CCO.C[N+](C)(C)CCO.O=C[O-]. The molecule has 1 aliphatic heterocycles. The van der Waals surface area contributed by atoms with Gasteiger partial charge in [-0.3, -0.25) is 44.3 Å². The number of nitrogens with one attached hydrogen (secondary N) is 2. The molecule has 0 aliphatic carbocycles. The predicted molar refractivity (Wildman–Crippen MR) is 256 cm³/mol. The lowest BCUT2D eigenvalue weighted by molar-refractivity contribution is -0.870. The van der Waals surface area contributed by atoms with Crippen LogP contribution < -0.4 is 15.5 Å². The summed E-state index contributed by atoms with van der Waals surface area (Å²) < 4.78 is 10.6. The van der Waals surface area contributed by atoms with Gasteiger partial charge in [0.05, 0.1) is 119 Å². The summed E-state index contributed by atoms with van der Waals surface area (Å²) in [6.45, 7) is 9.78. The Balaban J connectivity index is -0.000000124. The zero-order valence-corrected chi connectivity index (χ0v) is 45.0. The monoisotopic (exact) mass is 1120 g/mol. The highest BCUT2D eigenvalue weighted by Gasteiger charge is 2.48. The van der Waals surface area contributed by atoms with Crippen LogP contribution in [0.4, 0.5) is 0 Å². The van der Waals surface area contributed by atoms with Crippen LogP contribution in [0.3, 0.4) is 0 Å². The first-order valence-corrected chi connectivity index (χ1v) is 22.1. The van der Waals surface area contributed by atoms with Gasteiger partial charge in [-0.15, -0.1) is 0 Å². The van der Waals surface area contributed by atoms with E-state index in [0.717, 1.165) is 22.1 Å². The summed E-state index contributed by atoms with van der Waals surface area (Å²) in [6, 6.07) is 0. The number of aliphatic hydroxyl groups is 7. The maximum Gasteiger partial charge on any atom is 0.349 e. The van der Waals surface area contributed by atoms with Gasteiger partial charge in [-0.2, -0.15) is 0 Å². The second-order valence-corrected chi connectivity index (χ2v) is 17.3. The highest BCUT2D eigenvalue weighted by Crippen LogP contribution is 2.24. The fraction of sp³-hybridized carbons (Fsp3) is 0.721. The lowest BCUT2D eigenvalue weighted by Gasteiger charge is -2.26. The summed E-state index contributed by atoms with van der Waals surface area (Å²) in [7, 11) is 14.0. The molecule has 76 heavy (non-hydrogen) atoms. The molecular formula is C43H83N5O28. The largest absolute Gasteiger partial charge is 0.554 e. The average Bonchev–Trinajstić information content (AvgIpc) is 3.46. The first-order valence-electron chi connectivity index (χ1n) is 22.1. The molecule has 0 saturated carbocycles. The third-order valence-electron chi connectivity index (χ3n) is 7.09. The van der Waals surface area contributed by atoms with Gasteiger partial charge >= 0.3 is 47.8 Å². The fourth-order valence-corrected chi connectivity index (χ4v) is 4.04. The third-order valence-corrected chi connectivity index (χ3v) is 7.09. The van der Waals surface area contributed by atoms with Gasteiger partial charge in [-0.1, -0.05) is 0 Å². The molecular weight excluding hydrogens is 1030 g/mol. The summed E-state index contributed by atoms with van der Waals surface area (Å²) in [5.41, 5.74) is -5.38. The van der Waals surface area contributed by atoms with E-state index >= 15 is 0 Å². The molecule has 33 nitrogen and oxygen atoms in total. The van der Waals surface area contributed by atoms with Gasteiger partial charge in [-0.05, 0) is 34.6 Å². The van der Waals surface area contributed by atoms with E-state index in [-0.39, 0.29) is 44.7 Å². The quantitative estimate of drug-likeness (QED) is 0.0272. The van der Waals surface area contributed by atoms with Gasteiger partial charge < -0.3 is 110 Å². The molecule has 0 aromatic rings. The topological polar surface area (TPSA) is 554 Å². The number of carbonyl (C=O) groups is 11. The van der Waals surface area contributed by atoms with Gasteiger partial charge in [0.1, 0.15) is 13.1 Å². The summed E-state index contributed by atoms with van der Waals surface area (Å²) >= 11 is 0. The molecule has 0 aromatic carbocycles. The van der Waals surface area contributed by atoms with E-state index in [4.69, 9.17) is 81.7 Å². The smallest absolute Gasteiger partial charge is 0.349 e. The van der Waals surface area contributed by atoms with E-state index < -0.39 is 128 Å². The number of likely N-dealkylation sites (N-methyl/N-ethyl adjacent to an activating group) is 3. The van der Waals surface area contributed by atoms with E-state index in [9.17, 15) is 53.1 Å². The van der Waals surface area contributed by atoms with Crippen LogP contribution >= 0.6 is 0 Å². The Hall–Kier alpha value is -6.72. The molecule has 3 atom stereocenters. The molecule has 15 N–H and O–H groups in total. The zero-order valence-electron chi connectivity index (χ0n) is 45.0. The number of hydrogen-bond acceptors (Lipinski definition) is 23. The molecule has 1 aliphatic rings. The van der Waals surface area contributed by atoms with Gasteiger partial charge in [0.15, 0.2) is 5.96 Å². The Morgan fingerprint density at radius 3 is 0.947 bits per heavy atom. The van der Waals surface area contributed by atoms with E-state index in [1.54, 1.807) is 25.8 Å². The van der Waals surface area contributed by atoms with Crippen LogP contribution in [-0.2, 0) is 62.2 Å². The lowest BCUT2D eigenvalue weighted by Crippen LogP contribution is -2.47. The second-order valence-electron chi connectivity index (χ2n) is 17.3. The van der Waals surface area contributed by atoms with Crippen LogP contribution in [0.1, 0.15) is 79.6 Å². The Bertz CT molecular complexity index is 1590. The Morgan fingerprint density at radius 2 is 0.868 bits per heavy atom. The maximum atomic E-state index is 11.3. The number of carboxylic acid groups (broad SMARTS) is 8. The molecule has 1 fully saturated rings. The van der Waals surface area contributed by atoms with Crippen LogP contribution in [0.25, 0.3) is 0 Å². The highest BCUT2D eigenvalue weighted by molar-refractivity contribution is 6.02. The number of ether oxygens (including phenoxy) is 2. The predicted octanol–water partition coefficient (Wildman–Crippen LogP) is -6.63. The lowest BCUT2D eigenvalue weighted by atomic mass is 9.95. The van der Waals surface area contributed by atoms with Gasteiger partial charge in [-0.25, -0.2) is 9.59 Å². The molecule has 33 heteroatoms. The highest BCUT2D eigenvalue weighted by atomic mass is 16.6. The number of carbonyl (C=O) groups excluding carboxylic acids is 5. The Morgan fingerprint density at radius 1 is 0.632 bits per heavy atom. The van der Waals surface area contributed by atoms with Crippen molar-refractivity contribution in [3.8, 4) is 0 Å². The molecule has 1 heterocycles. The number of carboxylic acids is 7. The summed E-state index contributed by atoms with van der Waals surface area (Å²) in [5, 5.41) is 138. The number of aliphatic carboxylic acids is 7. The first kappa shape index (κ1) is 86.0. The number of guanidine groups is 1. The van der Waals surface area contributed by atoms with E-state index in [2.05, 4.69) is 57.1 Å². The maximum absolute atomic E-state index is 11.3. The number of rotatable bonds is 22. The number of aliphatic hydroxyl groups excluding tert-OH is 7. The van der Waals surface area contributed by atoms with E-state index in [0.29, 0.717) is 6.54 Å². The molecule has 0 spiro atoms. The van der Waals surface area contributed by atoms with Crippen LogP contribution in [0.5, 0.6) is 0 Å². The Labute approximate surface area is 439 Å². The third kappa shape index (κ3) is 65.3. The first-order chi connectivity index (χ1) is 34.4. The van der Waals surface area contributed by atoms with Gasteiger partial charge in [0.2, 0.25) is 17.1 Å². The van der Waals surface area contributed by atoms with Crippen LogP contribution in [0.15, 0.2) is 0 Å². The molecule has 1 saturated heterocycles. The number of quaternary nitrogens is 2. The van der Waals surface area contributed by atoms with E-state index in [1.807, 2.05) is 0 Å². The standard InChI is InChI=1S/2C10H14O9.2C5H14NO.C4H7N3O.C4H8O3.2C2H6O.CH2O2/c2*1-5(11)2-8(16)19-10(9(17)18,3-6(12)13)4-7(14)15;2*1-6(2,3)4-5-7;1-7-2-3(8)6-4(7)5;1-3(5)2-4(6)7;2*1-2-3;2-1-3/h2*5,11H,2-4H2,1H3,(H,12,13)(H,14,15)(H,17,18);2*7H,4-5H2,1-3H3;2H2,1H3,(H2,5,6,8);3,5H,2H2,1H3,(H,6,7);2*3H,2H2,1H3;1H,(H,2,3)/q;;2*+1;;;;;/p-2. The number of nitrogens with zero attached hydrogens (tertiary/aromatic N) is 3. The Kier molecular flexibility index (Phi) is 54.3. The zero-order chi connectivity index (χ0) is 62.4. The molecule has 0 aromatic heterocycles. The van der Waals surface area contributed by atoms with Crippen molar-refractivity contribution in [1.82, 2.24) is 10.2 Å². The minimum Gasteiger partial charge on any atom is -0.554 e. The minimum atomic E-state index is -2.69. The minimum absolute atomic E-state index is 0.0995. The molecule has 1 rings (SSSR count). The average molecular weight is 1120 g/mol. The van der Waals surface area contributed by atoms with Crippen molar-refractivity contribution in [1.29, 1.82) is 5.41 Å². The fourth-order valence-electron chi connectivity index (χ4n) is 4.04. The molecule has 0 bridgehead atoms. The number of amides is 1. The number of hydrogen-bond donors (Lipinski definition) is 15. The van der Waals surface area contributed by atoms with Crippen molar-refractivity contribution in [3.63, 3.8) is 0 Å². The van der Waals surface area contributed by atoms with Crippen molar-refractivity contribution < 1.29 is 148 Å². The van der Waals surface area contributed by atoms with Crippen molar-refractivity contribution in [2.45, 2.75) is 109 Å². The van der Waals surface area contributed by atoms with Crippen molar-refractivity contribution in [3.05, 3.63) is 0 Å². The van der Waals surface area contributed by atoms with Crippen LogP contribution in [0, 0.1) is 5.41 Å². The van der Waals surface area contributed by atoms with E-state index in [1.165, 1.54) is 20.8 Å². The molecule has 448 valence electrons. The summed E-state index contributed by atoms with van der Waals surface area (Å²) in [5.74, 6) is -13.8.